The van der Waals surface area contributed by atoms with E-state index in [1.165, 1.54) is 30.2 Å². The summed E-state index contributed by atoms with van der Waals surface area (Å²) in [5.74, 6) is 0.283. The van der Waals surface area contributed by atoms with Crippen LogP contribution < -0.4 is 4.90 Å². The smallest absolute Gasteiger partial charge is 0.325 e. The third kappa shape index (κ3) is 5.42. The Morgan fingerprint density at radius 3 is 2.78 bits per heavy atom. The Balaban J connectivity index is 1.71. The Morgan fingerprint density at radius 1 is 1.36 bits per heavy atom. The molecule has 3 aromatic rings. The molecule has 0 unspecified atom stereocenters. The summed E-state index contributed by atoms with van der Waals surface area (Å²) >= 11 is 8.86. The molecule has 11 heteroatoms. The van der Waals surface area contributed by atoms with Gasteiger partial charge in [0.15, 0.2) is 0 Å². The first-order valence-electron chi connectivity index (χ1n) is 10.6. The second-order valence-electron chi connectivity index (χ2n) is 7.56. The molecule has 0 amide bonds. The quantitative estimate of drug-likeness (QED) is 0.212. The zero-order chi connectivity index (χ0) is 25.7. The SMILES string of the molecule is [C-]#[N+]c1c(N(C)CC(=O)OC)nc(SCc2csc(-c3ccc(Cl)cc3)n2)c(C#N)c1C1=NCC=C1. The highest BCUT2D eigenvalue weighted by atomic mass is 35.5. The lowest BCUT2D eigenvalue weighted by Crippen LogP contribution is -2.28. The van der Waals surface area contributed by atoms with E-state index in [1.54, 1.807) is 18.0 Å². The summed E-state index contributed by atoms with van der Waals surface area (Å²) in [4.78, 5) is 31.0. The standard InChI is InChI=1S/C25H19ClN6O2S2/c1-28-22-21(19-5-4-10-29-19)18(11-27)25(31-23(22)32(2)12-20(33)34-3)36-14-17-13-35-24(30-17)15-6-8-16(26)9-7-15/h4-9,13H,10,12,14H2,2-3H3. The summed E-state index contributed by atoms with van der Waals surface area (Å²) in [6.45, 7) is 8.19. The Bertz CT molecular complexity index is 1450. The average molecular weight is 535 g/mol. The number of benzene rings is 1. The van der Waals surface area contributed by atoms with E-state index in [1.807, 2.05) is 35.7 Å². The number of carbonyl (C=O) groups is 1. The van der Waals surface area contributed by atoms with Crippen molar-refractivity contribution in [2.75, 3.05) is 32.1 Å². The number of thioether (sulfide) groups is 1. The molecule has 2 aromatic heterocycles. The van der Waals surface area contributed by atoms with E-state index >= 15 is 0 Å². The van der Waals surface area contributed by atoms with E-state index in [-0.39, 0.29) is 23.6 Å². The molecule has 0 atom stereocenters. The predicted molar refractivity (Wildman–Crippen MR) is 143 cm³/mol. The van der Waals surface area contributed by atoms with E-state index in [0.717, 1.165) is 16.3 Å². The number of halogens is 1. The molecule has 0 radical (unpaired) electrons. The zero-order valence-corrected chi connectivity index (χ0v) is 21.7. The van der Waals surface area contributed by atoms with Crippen LogP contribution in [0.2, 0.25) is 5.02 Å². The van der Waals surface area contributed by atoms with Gasteiger partial charge >= 0.3 is 5.97 Å². The summed E-state index contributed by atoms with van der Waals surface area (Å²) in [7, 11) is 2.96. The highest BCUT2D eigenvalue weighted by Gasteiger charge is 2.26. The van der Waals surface area contributed by atoms with Crippen molar-refractivity contribution in [3.8, 4) is 16.6 Å². The van der Waals surface area contributed by atoms with Gasteiger partial charge in [-0.1, -0.05) is 41.6 Å². The van der Waals surface area contributed by atoms with E-state index in [2.05, 4.69) is 20.9 Å². The summed E-state index contributed by atoms with van der Waals surface area (Å²) in [6.07, 6.45) is 3.66. The molecule has 180 valence electrons. The highest BCUT2D eigenvalue weighted by molar-refractivity contribution is 7.98. The summed E-state index contributed by atoms with van der Waals surface area (Å²) in [6, 6.07) is 9.71. The van der Waals surface area contributed by atoms with Crippen LogP contribution in [0.15, 0.2) is 51.8 Å². The molecule has 0 fully saturated rings. The topological polar surface area (TPSA) is 95.8 Å². The molecule has 8 nitrogen and oxygen atoms in total. The van der Waals surface area contributed by atoms with Crippen LogP contribution in [0.25, 0.3) is 15.4 Å². The predicted octanol–water partition coefficient (Wildman–Crippen LogP) is 5.54. The lowest BCUT2D eigenvalue weighted by atomic mass is 10.0. The Kier molecular flexibility index (Phi) is 8.01. The van der Waals surface area contributed by atoms with Crippen molar-refractivity contribution in [1.82, 2.24) is 9.97 Å². The number of esters is 1. The Morgan fingerprint density at radius 2 is 2.14 bits per heavy atom. The number of likely N-dealkylation sites (N-methyl/N-ethyl adjacent to an activating group) is 1. The molecule has 0 saturated carbocycles. The highest BCUT2D eigenvalue weighted by Crippen LogP contribution is 2.39. The van der Waals surface area contributed by atoms with Crippen LogP contribution in [0.1, 0.15) is 16.8 Å². The number of hydrogen-bond acceptors (Lipinski definition) is 9. The van der Waals surface area contributed by atoms with Crippen molar-refractivity contribution >= 4 is 57.9 Å². The van der Waals surface area contributed by atoms with E-state index in [4.69, 9.17) is 27.9 Å². The Hall–Kier alpha value is -3.70. The number of aromatic nitrogens is 2. The fourth-order valence-corrected chi connectivity index (χ4v) is 5.41. The van der Waals surface area contributed by atoms with Gasteiger partial charge in [-0.2, -0.15) is 5.26 Å². The van der Waals surface area contributed by atoms with Crippen molar-refractivity contribution in [2.24, 2.45) is 4.99 Å². The number of hydrogen-bond donors (Lipinski definition) is 0. The van der Waals surface area contributed by atoms with Gasteiger partial charge in [0.05, 0.1) is 37.2 Å². The number of ether oxygens (including phenoxy) is 1. The maximum Gasteiger partial charge on any atom is 0.325 e. The number of pyridine rings is 1. The number of anilines is 1. The van der Waals surface area contributed by atoms with Gasteiger partial charge in [0.1, 0.15) is 28.5 Å². The van der Waals surface area contributed by atoms with E-state index in [0.29, 0.717) is 33.6 Å². The lowest BCUT2D eigenvalue weighted by Gasteiger charge is -2.21. The van der Waals surface area contributed by atoms with E-state index in [9.17, 15) is 10.1 Å². The van der Waals surface area contributed by atoms with Crippen LogP contribution in [0.3, 0.4) is 0 Å². The second-order valence-corrected chi connectivity index (χ2v) is 9.82. The van der Waals surface area contributed by atoms with E-state index < -0.39 is 5.97 Å². The first kappa shape index (κ1) is 25.4. The molecule has 0 spiro atoms. The molecule has 36 heavy (non-hydrogen) atoms. The number of nitrogens with zero attached hydrogens (tertiary/aromatic N) is 6. The van der Waals surface area contributed by atoms with Gasteiger partial charge in [-0.15, -0.1) is 11.3 Å². The molecule has 0 saturated heterocycles. The van der Waals surface area contributed by atoms with Gasteiger partial charge in [-0.25, -0.2) is 14.8 Å². The van der Waals surface area contributed by atoms with Crippen molar-refractivity contribution in [2.45, 2.75) is 10.8 Å². The van der Waals surface area contributed by atoms with Gasteiger partial charge < -0.3 is 9.64 Å². The van der Waals surface area contributed by atoms with Crippen molar-refractivity contribution < 1.29 is 9.53 Å². The van der Waals surface area contributed by atoms with Crippen LogP contribution >= 0.6 is 34.7 Å². The first-order valence-corrected chi connectivity index (χ1v) is 12.9. The van der Waals surface area contributed by atoms with Crippen molar-refractivity contribution in [1.29, 1.82) is 5.26 Å². The number of thiazole rings is 1. The number of rotatable bonds is 8. The summed E-state index contributed by atoms with van der Waals surface area (Å²) in [5.41, 5.74) is 3.22. The molecule has 3 heterocycles. The number of nitriles is 1. The minimum Gasteiger partial charge on any atom is -0.468 e. The molecular formula is C25H19ClN6O2S2. The van der Waals surface area contributed by atoms with Crippen molar-refractivity contribution in [3.63, 3.8) is 0 Å². The third-order valence-electron chi connectivity index (χ3n) is 5.20. The van der Waals surface area contributed by atoms with Gasteiger partial charge in [0.25, 0.3) is 0 Å². The second kappa shape index (κ2) is 11.4. The minimum atomic E-state index is -0.467. The number of methoxy groups -OCH3 is 1. The molecule has 0 N–H and O–H groups in total. The largest absolute Gasteiger partial charge is 0.468 e. The van der Waals surface area contributed by atoms with Gasteiger partial charge in [0, 0.05) is 34.3 Å². The summed E-state index contributed by atoms with van der Waals surface area (Å²) in [5, 5.41) is 14.0. The molecule has 1 aliphatic rings. The first-order chi connectivity index (χ1) is 17.4. The maximum absolute atomic E-state index is 11.9. The number of aliphatic imine (C=N–C) groups is 1. The molecule has 4 rings (SSSR count). The van der Waals surface area contributed by atoms with Gasteiger partial charge in [-0.05, 0) is 18.2 Å². The van der Waals surface area contributed by atoms with Crippen molar-refractivity contribution in [3.05, 3.63) is 75.1 Å². The third-order valence-corrected chi connectivity index (χ3v) is 7.40. The zero-order valence-electron chi connectivity index (χ0n) is 19.4. The van der Waals surface area contributed by atoms with Crippen LogP contribution in [0.4, 0.5) is 11.5 Å². The lowest BCUT2D eigenvalue weighted by molar-refractivity contribution is -0.138. The maximum atomic E-state index is 11.9. The normalized spacial score (nSPS) is 12.1. The molecule has 0 aliphatic carbocycles. The number of allylic oxidation sites excluding steroid dienone is 1. The minimum absolute atomic E-state index is 0.0969. The molecule has 1 aliphatic heterocycles. The van der Waals surface area contributed by atoms with Crippen LogP contribution in [0.5, 0.6) is 0 Å². The number of carbonyl (C=O) groups excluding carboxylic acids is 1. The molecule has 1 aromatic carbocycles. The van der Waals surface area contributed by atoms with Crippen LogP contribution in [-0.4, -0.2) is 48.9 Å². The molecular weight excluding hydrogens is 516 g/mol. The fourth-order valence-electron chi connectivity index (χ4n) is 3.48. The van der Waals surface area contributed by atoms with Gasteiger partial charge in [0.2, 0.25) is 5.69 Å². The summed E-state index contributed by atoms with van der Waals surface area (Å²) < 4.78 is 4.78. The monoisotopic (exact) mass is 534 g/mol. The Labute approximate surface area is 221 Å². The van der Waals surface area contributed by atoms with Gasteiger partial charge in [-0.3, -0.25) is 9.79 Å². The average Bonchev–Trinajstić information content (AvgIpc) is 3.59. The van der Waals surface area contributed by atoms with Crippen LogP contribution in [-0.2, 0) is 15.3 Å². The van der Waals surface area contributed by atoms with Crippen LogP contribution in [0, 0.1) is 17.9 Å². The fraction of sp³-hybridized carbons (Fsp3) is 0.200. The molecule has 0 bridgehead atoms.